The Morgan fingerprint density at radius 2 is 1.83 bits per heavy atom. The third-order valence-electron chi connectivity index (χ3n) is 3.21. The Labute approximate surface area is 136 Å². The molecule has 2 rings (SSSR count). The van der Waals surface area contributed by atoms with Crippen molar-refractivity contribution in [2.75, 3.05) is 32.6 Å². The first kappa shape index (κ1) is 17.3. The van der Waals surface area contributed by atoms with E-state index < -0.39 is 6.10 Å². The summed E-state index contributed by atoms with van der Waals surface area (Å²) in [5.41, 5.74) is 0.938. The molecule has 2 aromatic rings. The summed E-state index contributed by atoms with van der Waals surface area (Å²) in [6.07, 6.45) is -0.512. The molecular formula is C17H24N2O4. The molecule has 0 aliphatic carbocycles. The van der Waals surface area contributed by atoms with Crippen molar-refractivity contribution in [2.24, 2.45) is 0 Å². The van der Waals surface area contributed by atoms with E-state index in [0.717, 1.165) is 11.4 Å². The average Bonchev–Trinajstić information content (AvgIpc) is 2.99. The lowest BCUT2D eigenvalue weighted by molar-refractivity contribution is 0.0831. The molecule has 0 aliphatic heterocycles. The molecule has 0 saturated carbocycles. The van der Waals surface area contributed by atoms with Crippen molar-refractivity contribution in [2.45, 2.75) is 19.3 Å². The summed E-state index contributed by atoms with van der Waals surface area (Å²) in [6.45, 7) is 1.29. The zero-order valence-corrected chi connectivity index (χ0v) is 13.5. The van der Waals surface area contributed by atoms with E-state index >= 15 is 0 Å². The lowest BCUT2D eigenvalue weighted by Crippen LogP contribution is -2.30. The van der Waals surface area contributed by atoms with Crippen LogP contribution in [0.1, 0.15) is 11.5 Å². The van der Waals surface area contributed by atoms with Gasteiger partial charge in [-0.2, -0.15) is 0 Å². The van der Waals surface area contributed by atoms with Gasteiger partial charge in [-0.1, -0.05) is 0 Å². The van der Waals surface area contributed by atoms with Gasteiger partial charge in [0.15, 0.2) is 0 Å². The standard InChI is InChI=1S/C17H24N2O4/c1-19(2)10-14(21)12-22-15-5-3-13(4-6-15)18-9-16-7-8-17(11-20)23-16/h3-8,14,18,20-21H,9-12H2,1-2H3. The molecule has 126 valence electrons. The van der Waals surface area contributed by atoms with Gasteiger partial charge < -0.3 is 29.6 Å². The molecule has 1 atom stereocenters. The highest BCUT2D eigenvalue weighted by atomic mass is 16.5. The quantitative estimate of drug-likeness (QED) is 0.652. The minimum Gasteiger partial charge on any atom is -0.491 e. The normalized spacial score (nSPS) is 12.4. The van der Waals surface area contributed by atoms with Gasteiger partial charge in [0.1, 0.15) is 36.6 Å². The molecule has 0 spiro atoms. The third-order valence-corrected chi connectivity index (χ3v) is 3.21. The molecule has 1 aromatic heterocycles. The topological polar surface area (TPSA) is 78.1 Å². The average molecular weight is 320 g/mol. The van der Waals surface area contributed by atoms with Crippen molar-refractivity contribution in [3.63, 3.8) is 0 Å². The molecule has 1 aromatic carbocycles. The summed E-state index contributed by atoms with van der Waals surface area (Å²) in [4.78, 5) is 1.91. The summed E-state index contributed by atoms with van der Waals surface area (Å²) < 4.78 is 11.0. The van der Waals surface area contributed by atoms with Gasteiger partial charge in [-0.25, -0.2) is 0 Å². The van der Waals surface area contributed by atoms with Crippen LogP contribution >= 0.6 is 0 Å². The van der Waals surface area contributed by atoms with E-state index in [1.807, 2.05) is 49.3 Å². The fraction of sp³-hybridized carbons (Fsp3) is 0.412. The van der Waals surface area contributed by atoms with Crippen LogP contribution in [0.5, 0.6) is 5.75 Å². The number of nitrogens with one attached hydrogen (secondary N) is 1. The van der Waals surface area contributed by atoms with Crippen molar-refractivity contribution in [3.05, 3.63) is 47.9 Å². The van der Waals surface area contributed by atoms with Crippen molar-refractivity contribution in [1.29, 1.82) is 0 Å². The summed E-state index contributed by atoms with van der Waals surface area (Å²) in [5.74, 6) is 2.04. The number of rotatable bonds is 9. The van der Waals surface area contributed by atoms with Gasteiger partial charge in [0.25, 0.3) is 0 Å². The molecule has 0 saturated heterocycles. The van der Waals surface area contributed by atoms with Crippen molar-refractivity contribution in [3.8, 4) is 5.75 Å². The lowest BCUT2D eigenvalue weighted by atomic mass is 10.3. The van der Waals surface area contributed by atoms with Crippen LogP contribution in [0.4, 0.5) is 5.69 Å². The fourth-order valence-electron chi connectivity index (χ4n) is 2.13. The number of hydrogen-bond acceptors (Lipinski definition) is 6. The Hall–Kier alpha value is -2.02. The molecule has 0 aliphatic rings. The monoisotopic (exact) mass is 320 g/mol. The second-order valence-corrected chi connectivity index (χ2v) is 5.63. The zero-order chi connectivity index (χ0) is 16.7. The Morgan fingerprint density at radius 3 is 2.43 bits per heavy atom. The highest BCUT2D eigenvalue weighted by Gasteiger charge is 2.06. The predicted molar refractivity (Wildman–Crippen MR) is 88.5 cm³/mol. The minimum absolute atomic E-state index is 0.0916. The van der Waals surface area contributed by atoms with Crippen LogP contribution in [0.25, 0.3) is 0 Å². The molecule has 0 amide bonds. The number of anilines is 1. The van der Waals surface area contributed by atoms with Gasteiger partial charge in [-0.3, -0.25) is 0 Å². The Bertz CT molecular complexity index is 581. The van der Waals surface area contributed by atoms with Crippen LogP contribution in [-0.4, -0.2) is 48.5 Å². The second-order valence-electron chi connectivity index (χ2n) is 5.63. The molecule has 3 N–H and O–H groups in total. The Balaban J connectivity index is 1.77. The maximum absolute atomic E-state index is 9.76. The molecule has 1 heterocycles. The SMILES string of the molecule is CN(C)CC(O)COc1ccc(NCc2ccc(CO)o2)cc1. The zero-order valence-electron chi connectivity index (χ0n) is 13.5. The summed E-state index contributed by atoms with van der Waals surface area (Å²) in [6, 6.07) is 11.1. The van der Waals surface area contributed by atoms with Crippen LogP contribution in [0, 0.1) is 0 Å². The number of furan rings is 1. The van der Waals surface area contributed by atoms with Crippen LogP contribution < -0.4 is 10.1 Å². The van der Waals surface area contributed by atoms with Crippen molar-refractivity contribution >= 4 is 5.69 Å². The Kier molecular flexibility index (Phi) is 6.46. The number of likely N-dealkylation sites (N-methyl/N-ethyl adjacent to an activating group) is 1. The molecule has 1 unspecified atom stereocenters. The number of hydrogen-bond donors (Lipinski definition) is 3. The van der Waals surface area contributed by atoms with Crippen molar-refractivity contribution < 1.29 is 19.4 Å². The van der Waals surface area contributed by atoms with Gasteiger partial charge in [0.2, 0.25) is 0 Å². The van der Waals surface area contributed by atoms with E-state index in [1.54, 1.807) is 6.07 Å². The highest BCUT2D eigenvalue weighted by molar-refractivity contribution is 5.46. The molecule has 6 heteroatoms. The molecule has 0 radical (unpaired) electrons. The van der Waals surface area contributed by atoms with E-state index in [4.69, 9.17) is 14.3 Å². The number of ether oxygens (including phenoxy) is 1. The largest absolute Gasteiger partial charge is 0.491 e. The van der Waals surface area contributed by atoms with Crippen LogP contribution in [-0.2, 0) is 13.2 Å². The number of nitrogens with zero attached hydrogens (tertiary/aromatic N) is 1. The first-order valence-corrected chi connectivity index (χ1v) is 7.55. The van der Waals surface area contributed by atoms with Gasteiger partial charge in [-0.15, -0.1) is 0 Å². The van der Waals surface area contributed by atoms with Crippen LogP contribution in [0.15, 0.2) is 40.8 Å². The van der Waals surface area contributed by atoms with Gasteiger partial charge in [0, 0.05) is 12.2 Å². The van der Waals surface area contributed by atoms with Gasteiger partial charge in [-0.05, 0) is 50.5 Å². The first-order valence-electron chi connectivity index (χ1n) is 7.55. The maximum Gasteiger partial charge on any atom is 0.129 e. The number of benzene rings is 1. The molecule has 6 nitrogen and oxygen atoms in total. The molecule has 0 bridgehead atoms. The summed E-state index contributed by atoms with van der Waals surface area (Å²) >= 11 is 0. The van der Waals surface area contributed by atoms with E-state index in [9.17, 15) is 5.11 Å². The van der Waals surface area contributed by atoms with E-state index in [2.05, 4.69) is 5.32 Å². The minimum atomic E-state index is -0.512. The predicted octanol–water partition coefficient (Wildman–Crippen LogP) is 1.69. The van der Waals surface area contributed by atoms with Gasteiger partial charge >= 0.3 is 0 Å². The third kappa shape index (κ3) is 5.94. The second kappa shape index (κ2) is 8.57. The Morgan fingerprint density at radius 1 is 1.13 bits per heavy atom. The lowest BCUT2D eigenvalue weighted by Gasteiger charge is -2.16. The fourth-order valence-corrected chi connectivity index (χ4v) is 2.13. The van der Waals surface area contributed by atoms with Crippen LogP contribution in [0.3, 0.4) is 0 Å². The molecular weight excluding hydrogens is 296 g/mol. The number of aliphatic hydroxyl groups excluding tert-OH is 2. The summed E-state index contributed by atoms with van der Waals surface area (Å²) in [5, 5.41) is 21.9. The molecule has 23 heavy (non-hydrogen) atoms. The van der Waals surface area contributed by atoms with Crippen molar-refractivity contribution in [1.82, 2.24) is 4.90 Å². The van der Waals surface area contributed by atoms with Gasteiger partial charge in [0.05, 0.1) is 6.54 Å². The van der Waals surface area contributed by atoms with E-state index in [0.29, 0.717) is 24.6 Å². The highest BCUT2D eigenvalue weighted by Crippen LogP contribution is 2.17. The summed E-state index contributed by atoms with van der Waals surface area (Å²) in [7, 11) is 3.82. The van der Waals surface area contributed by atoms with Crippen LogP contribution in [0.2, 0.25) is 0 Å². The maximum atomic E-state index is 9.76. The molecule has 0 fully saturated rings. The van der Waals surface area contributed by atoms with E-state index in [-0.39, 0.29) is 13.2 Å². The first-order chi connectivity index (χ1) is 11.1. The smallest absolute Gasteiger partial charge is 0.129 e. The number of aliphatic hydroxyl groups is 2. The van der Waals surface area contributed by atoms with E-state index in [1.165, 1.54) is 0 Å².